The van der Waals surface area contributed by atoms with Crippen molar-refractivity contribution in [3.05, 3.63) is 12.7 Å². The Hall–Kier alpha value is -0.460. The summed E-state index contributed by atoms with van der Waals surface area (Å²) in [7, 11) is 1.59. The summed E-state index contributed by atoms with van der Waals surface area (Å²) in [5.41, 5.74) is 10.5. The quantitative estimate of drug-likeness (QED) is 0.584. The van der Waals surface area contributed by atoms with Gasteiger partial charge in [0.2, 0.25) is 0 Å². The van der Waals surface area contributed by atoms with Crippen LogP contribution in [0.5, 0.6) is 0 Å². The first-order valence-electron chi connectivity index (χ1n) is 4.53. The van der Waals surface area contributed by atoms with Crippen molar-refractivity contribution in [1.82, 2.24) is 0 Å². The standard InChI is InChI=1S/C9H18N2O3/c1-3-8(12-2)6-13-9(4-10,5-11)14-7-8/h3H,1,4-7,10-11H2,2H3. The summed E-state index contributed by atoms with van der Waals surface area (Å²) in [5, 5.41) is 0. The predicted octanol–water partition coefficient (Wildman–Crippen LogP) is -0.782. The lowest BCUT2D eigenvalue weighted by molar-refractivity contribution is -0.301. The number of hydrogen-bond acceptors (Lipinski definition) is 5. The van der Waals surface area contributed by atoms with Crippen molar-refractivity contribution in [2.75, 3.05) is 33.4 Å². The third-order valence-electron chi connectivity index (χ3n) is 2.56. The van der Waals surface area contributed by atoms with Gasteiger partial charge in [0.25, 0.3) is 0 Å². The molecule has 1 aliphatic rings. The third kappa shape index (κ3) is 1.97. The van der Waals surface area contributed by atoms with Crippen LogP contribution in [0.25, 0.3) is 0 Å². The minimum Gasteiger partial charge on any atom is -0.369 e. The molecule has 0 amide bonds. The van der Waals surface area contributed by atoms with Crippen molar-refractivity contribution in [3.63, 3.8) is 0 Å². The maximum atomic E-state index is 5.52. The zero-order chi connectivity index (χ0) is 10.7. The molecule has 0 aromatic carbocycles. The van der Waals surface area contributed by atoms with Crippen molar-refractivity contribution in [1.29, 1.82) is 0 Å². The van der Waals surface area contributed by atoms with E-state index in [0.29, 0.717) is 13.2 Å². The van der Waals surface area contributed by atoms with Crippen molar-refractivity contribution in [2.45, 2.75) is 11.4 Å². The van der Waals surface area contributed by atoms with E-state index in [-0.39, 0.29) is 13.1 Å². The fourth-order valence-corrected chi connectivity index (χ4v) is 1.23. The van der Waals surface area contributed by atoms with Gasteiger partial charge < -0.3 is 25.7 Å². The molecule has 0 unspecified atom stereocenters. The van der Waals surface area contributed by atoms with Crippen molar-refractivity contribution in [3.8, 4) is 0 Å². The zero-order valence-corrected chi connectivity index (χ0v) is 8.49. The van der Waals surface area contributed by atoms with Gasteiger partial charge in [-0.25, -0.2) is 0 Å². The van der Waals surface area contributed by atoms with E-state index in [4.69, 9.17) is 25.7 Å². The molecule has 0 radical (unpaired) electrons. The van der Waals surface area contributed by atoms with Gasteiger partial charge >= 0.3 is 0 Å². The van der Waals surface area contributed by atoms with Crippen LogP contribution in [0.2, 0.25) is 0 Å². The Balaban J connectivity index is 2.64. The molecule has 5 nitrogen and oxygen atoms in total. The Bertz CT molecular complexity index is 194. The van der Waals surface area contributed by atoms with Gasteiger partial charge in [0.15, 0.2) is 5.79 Å². The molecule has 0 spiro atoms. The number of hydrogen-bond donors (Lipinski definition) is 2. The van der Waals surface area contributed by atoms with Gasteiger partial charge in [0.1, 0.15) is 5.60 Å². The minimum absolute atomic E-state index is 0.237. The maximum absolute atomic E-state index is 5.52. The Morgan fingerprint density at radius 2 is 1.86 bits per heavy atom. The predicted molar refractivity (Wildman–Crippen MR) is 52.7 cm³/mol. The monoisotopic (exact) mass is 202 g/mol. The van der Waals surface area contributed by atoms with Crippen LogP contribution < -0.4 is 11.5 Å². The Kier molecular flexibility index (Phi) is 3.63. The van der Waals surface area contributed by atoms with Crippen LogP contribution in [0.15, 0.2) is 12.7 Å². The summed E-state index contributed by atoms with van der Waals surface area (Å²) in [5.74, 6) is -0.856. The number of methoxy groups -OCH3 is 1. The lowest BCUT2D eigenvalue weighted by Crippen LogP contribution is -2.59. The van der Waals surface area contributed by atoms with Crippen LogP contribution in [0.3, 0.4) is 0 Å². The van der Waals surface area contributed by atoms with E-state index in [0.717, 1.165) is 0 Å². The van der Waals surface area contributed by atoms with E-state index in [1.165, 1.54) is 0 Å². The van der Waals surface area contributed by atoms with E-state index in [1.54, 1.807) is 13.2 Å². The van der Waals surface area contributed by atoms with E-state index < -0.39 is 11.4 Å². The summed E-state index contributed by atoms with van der Waals surface area (Å²) in [6.07, 6.45) is 1.67. The van der Waals surface area contributed by atoms with Crippen molar-refractivity contribution < 1.29 is 14.2 Å². The second-order valence-corrected chi connectivity index (χ2v) is 3.37. The molecule has 5 heteroatoms. The van der Waals surface area contributed by atoms with Crippen LogP contribution in [0.1, 0.15) is 0 Å². The molecule has 0 bridgehead atoms. The number of ether oxygens (including phenoxy) is 3. The summed E-state index contributed by atoms with van der Waals surface area (Å²) >= 11 is 0. The smallest absolute Gasteiger partial charge is 0.193 e. The maximum Gasteiger partial charge on any atom is 0.193 e. The van der Waals surface area contributed by atoms with Gasteiger partial charge in [-0.3, -0.25) is 0 Å². The highest BCUT2D eigenvalue weighted by Gasteiger charge is 2.42. The molecule has 0 aromatic rings. The Morgan fingerprint density at radius 3 is 2.14 bits per heavy atom. The average Bonchev–Trinajstić information content (AvgIpc) is 2.29. The molecular formula is C9H18N2O3. The molecule has 14 heavy (non-hydrogen) atoms. The highest BCUT2D eigenvalue weighted by Crippen LogP contribution is 2.25. The van der Waals surface area contributed by atoms with Gasteiger partial charge in [0.05, 0.1) is 13.2 Å². The van der Waals surface area contributed by atoms with Crippen LogP contribution >= 0.6 is 0 Å². The molecule has 1 fully saturated rings. The van der Waals surface area contributed by atoms with E-state index in [2.05, 4.69) is 6.58 Å². The van der Waals surface area contributed by atoms with Crippen molar-refractivity contribution >= 4 is 0 Å². The first-order chi connectivity index (χ1) is 6.66. The van der Waals surface area contributed by atoms with Gasteiger partial charge in [-0.1, -0.05) is 6.08 Å². The van der Waals surface area contributed by atoms with E-state index in [9.17, 15) is 0 Å². The van der Waals surface area contributed by atoms with Gasteiger partial charge in [0, 0.05) is 20.2 Å². The third-order valence-corrected chi connectivity index (χ3v) is 2.56. The average molecular weight is 202 g/mol. The lowest BCUT2D eigenvalue weighted by Gasteiger charge is -2.43. The number of nitrogens with two attached hydrogens (primary N) is 2. The summed E-state index contributed by atoms with van der Waals surface area (Å²) in [4.78, 5) is 0. The lowest BCUT2D eigenvalue weighted by atomic mass is 10.0. The normalized spacial score (nSPS) is 24.5. The zero-order valence-electron chi connectivity index (χ0n) is 8.49. The van der Waals surface area contributed by atoms with Crippen LogP contribution in [0, 0.1) is 0 Å². The first-order valence-corrected chi connectivity index (χ1v) is 4.53. The SMILES string of the molecule is C=CC1(OC)COC(CN)(CN)OC1. The fraction of sp³-hybridized carbons (Fsp3) is 0.778. The molecule has 4 N–H and O–H groups in total. The topological polar surface area (TPSA) is 79.7 Å². The fourth-order valence-electron chi connectivity index (χ4n) is 1.23. The minimum atomic E-state index is -0.856. The van der Waals surface area contributed by atoms with Gasteiger partial charge in [-0.15, -0.1) is 6.58 Å². The Labute approximate surface area is 84.0 Å². The van der Waals surface area contributed by atoms with Crippen molar-refractivity contribution in [2.24, 2.45) is 11.5 Å². The molecule has 82 valence electrons. The highest BCUT2D eigenvalue weighted by atomic mass is 16.7. The largest absolute Gasteiger partial charge is 0.369 e. The van der Waals surface area contributed by atoms with Crippen LogP contribution in [-0.4, -0.2) is 44.8 Å². The molecule has 1 heterocycles. The molecule has 0 atom stereocenters. The highest BCUT2D eigenvalue weighted by molar-refractivity contribution is 5.01. The molecular weight excluding hydrogens is 184 g/mol. The number of rotatable bonds is 4. The van der Waals surface area contributed by atoms with E-state index in [1.807, 2.05) is 0 Å². The summed E-state index contributed by atoms with van der Waals surface area (Å²) in [6.45, 7) is 4.88. The second-order valence-electron chi connectivity index (χ2n) is 3.37. The second kappa shape index (κ2) is 4.37. The summed E-state index contributed by atoms with van der Waals surface area (Å²) < 4.78 is 16.2. The Morgan fingerprint density at radius 1 is 1.36 bits per heavy atom. The van der Waals surface area contributed by atoms with Crippen LogP contribution in [0.4, 0.5) is 0 Å². The van der Waals surface area contributed by atoms with Gasteiger partial charge in [-0.2, -0.15) is 0 Å². The molecule has 1 saturated heterocycles. The summed E-state index contributed by atoms with van der Waals surface area (Å²) in [6, 6.07) is 0. The van der Waals surface area contributed by atoms with Gasteiger partial charge in [-0.05, 0) is 0 Å². The molecule has 1 rings (SSSR count). The molecule has 0 aliphatic carbocycles. The molecule has 0 aromatic heterocycles. The molecule has 1 aliphatic heterocycles. The van der Waals surface area contributed by atoms with Crippen LogP contribution in [-0.2, 0) is 14.2 Å². The van der Waals surface area contributed by atoms with E-state index >= 15 is 0 Å². The first kappa shape index (κ1) is 11.6. The molecule has 0 saturated carbocycles.